The van der Waals surface area contributed by atoms with E-state index < -0.39 is 5.41 Å². The van der Waals surface area contributed by atoms with Gasteiger partial charge in [-0.1, -0.05) is 57.2 Å². The molecule has 0 atom stereocenters. The second-order valence-corrected chi connectivity index (χ2v) is 9.55. The number of nitrogens with zero attached hydrogens (tertiary/aromatic N) is 1. The molecule has 0 unspecified atom stereocenters. The van der Waals surface area contributed by atoms with E-state index >= 15 is 0 Å². The van der Waals surface area contributed by atoms with Crippen molar-refractivity contribution in [1.82, 2.24) is 4.57 Å². The Labute approximate surface area is 192 Å². The smallest absolute Gasteiger partial charge is 0.268 e. The highest BCUT2D eigenvalue weighted by Crippen LogP contribution is 2.29. The van der Waals surface area contributed by atoms with Crippen LogP contribution < -0.4 is 24.2 Å². The van der Waals surface area contributed by atoms with Crippen molar-refractivity contribution in [2.45, 2.75) is 34.3 Å². The SMILES string of the molecule is CCOc1cc(/C=c2\s/c(=C\C(=O)C(C)(C)C)n(C)c2=O)ccc1OCc1ccccc1. The van der Waals surface area contributed by atoms with Crippen molar-refractivity contribution >= 4 is 29.3 Å². The van der Waals surface area contributed by atoms with Gasteiger partial charge in [-0.25, -0.2) is 0 Å². The van der Waals surface area contributed by atoms with Gasteiger partial charge in [0.05, 0.1) is 11.1 Å². The zero-order valence-electron chi connectivity index (χ0n) is 19.2. The van der Waals surface area contributed by atoms with Gasteiger partial charge in [0.1, 0.15) is 11.3 Å². The summed E-state index contributed by atoms with van der Waals surface area (Å²) >= 11 is 1.30. The minimum Gasteiger partial charge on any atom is -0.490 e. The Hall–Kier alpha value is -3.12. The fraction of sp³-hybridized carbons (Fsp3) is 0.308. The van der Waals surface area contributed by atoms with E-state index in [0.29, 0.717) is 33.9 Å². The van der Waals surface area contributed by atoms with Gasteiger partial charge in [-0.2, -0.15) is 0 Å². The summed E-state index contributed by atoms with van der Waals surface area (Å²) in [6.07, 6.45) is 3.37. The first-order valence-corrected chi connectivity index (χ1v) is 11.4. The third-order valence-electron chi connectivity index (χ3n) is 4.86. The molecule has 0 radical (unpaired) electrons. The van der Waals surface area contributed by atoms with E-state index in [1.165, 1.54) is 15.9 Å². The van der Waals surface area contributed by atoms with Crippen molar-refractivity contribution in [1.29, 1.82) is 0 Å². The number of benzene rings is 2. The fourth-order valence-electron chi connectivity index (χ4n) is 2.92. The first-order valence-electron chi connectivity index (χ1n) is 10.6. The lowest BCUT2D eigenvalue weighted by atomic mass is 9.91. The summed E-state index contributed by atoms with van der Waals surface area (Å²) in [7, 11) is 1.68. The van der Waals surface area contributed by atoms with E-state index in [9.17, 15) is 9.59 Å². The van der Waals surface area contributed by atoms with Gasteiger partial charge < -0.3 is 14.0 Å². The zero-order valence-corrected chi connectivity index (χ0v) is 20.0. The quantitative estimate of drug-likeness (QED) is 0.550. The van der Waals surface area contributed by atoms with Crippen LogP contribution in [0.1, 0.15) is 38.8 Å². The summed E-state index contributed by atoms with van der Waals surface area (Å²) in [5.74, 6) is 1.26. The first-order chi connectivity index (χ1) is 15.2. The van der Waals surface area contributed by atoms with Crippen LogP contribution in [0.5, 0.6) is 11.5 Å². The summed E-state index contributed by atoms with van der Waals surface area (Å²) in [6, 6.07) is 15.6. The number of carbonyl (C=O) groups is 1. The number of hydrogen-bond acceptors (Lipinski definition) is 5. The lowest BCUT2D eigenvalue weighted by Crippen LogP contribution is -2.30. The Bertz CT molecular complexity index is 1260. The highest BCUT2D eigenvalue weighted by Gasteiger charge is 2.19. The lowest BCUT2D eigenvalue weighted by molar-refractivity contribution is -0.120. The van der Waals surface area contributed by atoms with Crippen molar-refractivity contribution in [3.8, 4) is 11.5 Å². The van der Waals surface area contributed by atoms with Gasteiger partial charge in [0.2, 0.25) is 0 Å². The second kappa shape index (κ2) is 10.0. The van der Waals surface area contributed by atoms with Crippen LogP contribution in [-0.2, 0) is 18.4 Å². The number of ether oxygens (including phenoxy) is 2. The number of thiazole rings is 1. The molecule has 168 valence electrons. The van der Waals surface area contributed by atoms with E-state index in [1.807, 2.05) is 82.3 Å². The monoisotopic (exact) mass is 451 g/mol. The molecular weight excluding hydrogens is 422 g/mol. The van der Waals surface area contributed by atoms with Crippen LogP contribution in [0, 0.1) is 5.41 Å². The van der Waals surface area contributed by atoms with Crippen LogP contribution in [0.4, 0.5) is 0 Å². The normalized spacial score (nSPS) is 12.8. The van der Waals surface area contributed by atoms with Gasteiger partial charge >= 0.3 is 0 Å². The van der Waals surface area contributed by atoms with Gasteiger partial charge in [0, 0.05) is 18.5 Å². The van der Waals surface area contributed by atoms with E-state index in [-0.39, 0.29) is 11.3 Å². The molecule has 0 saturated carbocycles. The molecule has 0 bridgehead atoms. The minimum absolute atomic E-state index is 0.0144. The van der Waals surface area contributed by atoms with Gasteiger partial charge in [-0.3, -0.25) is 9.59 Å². The van der Waals surface area contributed by atoms with Gasteiger partial charge in [-0.15, -0.1) is 11.3 Å². The number of rotatable bonds is 7. The summed E-state index contributed by atoms with van der Waals surface area (Å²) < 4.78 is 14.4. The second-order valence-electron chi connectivity index (χ2n) is 8.49. The molecule has 0 aliphatic heterocycles. The number of ketones is 1. The highest BCUT2D eigenvalue weighted by molar-refractivity contribution is 7.07. The Morgan fingerprint density at radius 2 is 1.78 bits per heavy atom. The Kier molecular flexibility index (Phi) is 7.36. The summed E-state index contributed by atoms with van der Waals surface area (Å²) in [6.45, 7) is 8.45. The Morgan fingerprint density at radius 3 is 2.44 bits per heavy atom. The van der Waals surface area contributed by atoms with E-state index in [2.05, 4.69) is 0 Å². The summed E-state index contributed by atoms with van der Waals surface area (Å²) in [4.78, 5) is 25.1. The molecule has 32 heavy (non-hydrogen) atoms. The van der Waals surface area contributed by atoms with Gasteiger partial charge in [-0.05, 0) is 36.3 Å². The number of Topliss-reactive ketones (excluding diaryl/α,β-unsaturated/α-hetero) is 1. The van der Waals surface area contributed by atoms with Crippen molar-refractivity contribution in [3.05, 3.63) is 79.2 Å². The topological polar surface area (TPSA) is 57.5 Å². The molecule has 0 aliphatic carbocycles. The molecule has 0 amide bonds. The van der Waals surface area contributed by atoms with Gasteiger partial charge in [0.15, 0.2) is 17.3 Å². The molecule has 6 heteroatoms. The largest absolute Gasteiger partial charge is 0.490 e. The number of hydrogen-bond donors (Lipinski definition) is 0. The van der Waals surface area contributed by atoms with Crippen LogP contribution >= 0.6 is 11.3 Å². The van der Waals surface area contributed by atoms with E-state index in [1.54, 1.807) is 13.1 Å². The predicted octanol–water partition coefficient (Wildman–Crippen LogP) is 3.65. The molecule has 1 heterocycles. The Morgan fingerprint density at radius 1 is 1.06 bits per heavy atom. The molecule has 3 rings (SSSR count). The zero-order chi connectivity index (χ0) is 23.3. The molecule has 5 nitrogen and oxygen atoms in total. The molecule has 0 N–H and O–H groups in total. The predicted molar refractivity (Wildman–Crippen MR) is 130 cm³/mol. The molecule has 0 fully saturated rings. The molecule has 0 aliphatic rings. The molecule has 0 spiro atoms. The summed E-state index contributed by atoms with van der Waals surface area (Å²) in [5, 5.41) is 0. The third kappa shape index (κ3) is 5.77. The molecule has 1 aromatic heterocycles. The highest BCUT2D eigenvalue weighted by atomic mass is 32.1. The van der Waals surface area contributed by atoms with Crippen LogP contribution in [0.2, 0.25) is 0 Å². The van der Waals surface area contributed by atoms with Gasteiger partial charge in [0.25, 0.3) is 5.56 Å². The maximum atomic E-state index is 12.7. The van der Waals surface area contributed by atoms with E-state index in [0.717, 1.165) is 11.1 Å². The minimum atomic E-state index is -0.494. The number of aromatic nitrogens is 1. The average molecular weight is 452 g/mol. The first kappa shape index (κ1) is 23.5. The maximum Gasteiger partial charge on any atom is 0.268 e. The van der Waals surface area contributed by atoms with Crippen LogP contribution in [0.3, 0.4) is 0 Å². The number of carbonyl (C=O) groups excluding carboxylic acids is 1. The van der Waals surface area contributed by atoms with E-state index in [4.69, 9.17) is 9.47 Å². The maximum absolute atomic E-state index is 12.7. The average Bonchev–Trinajstić information content (AvgIpc) is 3.01. The standard InChI is InChI=1S/C26H29NO4S/c1-6-30-21-14-19(12-13-20(21)31-17-18-10-8-7-9-11-18)15-22-25(29)27(5)24(32-22)16-23(28)26(2,3)4/h7-16H,6,17H2,1-5H3/b22-15-,24-16-. The molecule has 3 aromatic rings. The molecule has 2 aromatic carbocycles. The van der Waals surface area contributed by atoms with Crippen LogP contribution in [0.15, 0.2) is 53.3 Å². The fourth-order valence-corrected chi connectivity index (χ4v) is 3.96. The van der Waals surface area contributed by atoms with Crippen LogP contribution in [-0.4, -0.2) is 17.0 Å². The van der Waals surface area contributed by atoms with Crippen molar-refractivity contribution in [2.24, 2.45) is 12.5 Å². The summed E-state index contributed by atoms with van der Waals surface area (Å²) in [5.41, 5.74) is 1.27. The van der Waals surface area contributed by atoms with Crippen molar-refractivity contribution < 1.29 is 14.3 Å². The molecular formula is C26H29NO4S. The van der Waals surface area contributed by atoms with Crippen molar-refractivity contribution in [2.75, 3.05) is 6.61 Å². The Balaban J connectivity index is 1.94. The lowest BCUT2D eigenvalue weighted by Gasteiger charge is -2.12. The van der Waals surface area contributed by atoms with Crippen LogP contribution in [0.25, 0.3) is 12.2 Å². The molecule has 0 saturated heterocycles. The van der Waals surface area contributed by atoms with Crippen molar-refractivity contribution in [3.63, 3.8) is 0 Å². The third-order valence-corrected chi connectivity index (χ3v) is 5.97.